The molecule has 0 aliphatic carbocycles. The lowest BCUT2D eigenvalue weighted by Gasteiger charge is -2.44. The molecular formula is C77H98N8O15. The van der Waals surface area contributed by atoms with Gasteiger partial charge < -0.3 is 56.7 Å². The normalized spacial score (nSPS) is 21.7. The number of carboxylic acid groups (broad SMARTS) is 2. The number of benzene rings is 5. The van der Waals surface area contributed by atoms with Crippen LogP contribution in [0.2, 0.25) is 0 Å². The first-order valence-electron chi connectivity index (χ1n) is 34.5. The lowest BCUT2D eigenvalue weighted by atomic mass is 9.76. The fourth-order valence-corrected chi connectivity index (χ4v) is 12.3. The van der Waals surface area contributed by atoms with Gasteiger partial charge in [0.15, 0.2) is 5.78 Å². The van der Waals surface area contributed by atoms with E-state index >= 15 is 9.59 Å². The summed E-state index contributed by atoms with van der Waals surface area (Å²) in [5.74, 6) is -11.3. The number of ether oxygens (including phenoxy) is 1. The average molecular weight is 1380 g/mol. The van der Waals surface area contributed by atoms with Crippen LogP contribution in [0.5, 0.6) is 5.75 Å². The first kappa shape index (κ1) is 77.7. The Hall–Kier alpha value is -9.64. The summed E-state index contributed by atoms with van der Waals surface area (Å²) < 4.78 is 6.04. The number of amides is 7. The van der Waals surface area contributed by atoms with Crippen LogP contribution in [0.4, 0.5) is 0 Å². The molecule has 10 atom stereocenters. The lowest BCUT2D eigenvalue weighted by molar-refractivity contribution is -0.153. The molecule has 8 N–H and O–H groups in total. The third kappa shape index (κ3) is 21.9. The fourth-order valence-electron chi connectivity index (χ4n) is 12.3. The molecule has 3 aliphatic heterocycles. The molecule has 7 amide bonds. The first-order valence-corrected chi connectivity index (χ1v) is 34.5. The van der Waals surface area contributed by atoms with Crippen LogP contribution in [0.3, 0.4) is 0 Å². The average Bonchev–Trinajstić information content (AvgIpc) is 0.793. The van der Waals surface area contributed by atoms with Gasteiger partial charge in [0.05, 0.1) is 24.5 Å². The van der Waals surface area contributed by atoms with E-state index < -0.39 is 174 Å². The van der Waals surface area contributed by atoms with Crippen molar-refractivity contribution in [3.8, 4) is 5.75 Å². The summed E-state index contributed by atoms with van der Waals surface area (Å²) in [5, 5.41) is 41.6. The van der Waals surface area contributed by atoms with E-state index in [1.807, 2.05) is 79.7 Å². The maximum absolute atomic E-state index is 15.2. The van der Waals surface area contributed by atoms with Gasteiger partial charge in [-0.25, -0.2) is 4.79 Å². The topological polar surface area (TPSA) is 333 Å². The van der Waals surface area contributed by atoms with Crippen molar-refractivity contribution in [2.75, 3.05) is 33.3 Å². The van der Waals surface area contributed by atoms with Gasteiger partial charge in [-0.2, -0.15) is 0 Å². The molecule has 0 saturated carbocycles. The van der Waals surface area contributed by atoms with Crippen LogP contribution >= 0.6 is 0 Å². The number of hydrogen-bond acceptors (Lipinski definition) is 14. The Balaban J connectivity index is 1.24. The number of fused-ring (bicyclic) bond motifs is 26. The van der Waals surface area contributed by atoms with E-state index in [-0.39, 0.29) is 57.6 Å². The van der Waals surface area contributed by atoms with Crippen molar-refractivity contribution in [2.45, 2.75) is 175 Å². The number of carbonyl (C=O) groups is 12. The Bertz CT molecular complexity index is 3840. The second kappa shape index (κ2) is 35.4. The summed E-state index contributed by atoms with van der Waals surface area (Å²) in [6, 6.07) is 23.4. The maximum Gasteiger partial charge on any atom is 0.326 e. The van der Waals surface area contributed by atoms with Crippen molar-refractivity contribution in [3.63, 3.8) is 0 Å². The minimum atomic E-state index is -1.68. The summed E-state index contributed by atoms with van der Waals surface area (Å²) >= 11 is 0. The monoisotopic (exact) mass is 1370 g/mol. The van der Waals surface area contributed by atoms with Crippen LogP contribution < -0.4 is 36.6 Å². The van der Waals surface area contributed by atoms with E-state index in [4.69, 9.17) is 4.74 Å². The predicted octanol–water partition coefficient (Wildman–Crippen LogP) is 7.02. The van der Waals surface area contributed by atoms with Crippen molar-refractivity contribution < 1.29 is 72.5 Å². The fraction of sp³-hybridized carbons (Fsp3) is 0.481. The van der Waals surface area contributed by atoms with Crippen molar-refractivity contribution >= 4 is 92.2 Å². The summed E-state index contributed by atoms with van der Waals surface area (Å²) in [6.07, 6.45) is 0.780. The van der Waals surface area contributed by atoms with Gasteiger partial charge in [0.2, 0.25) is 41.4 Å². The van der Waals surface area contributed by atoms with Crippen LogP contribution in [0.25, 0.3) is 21.5 Å². The van der Waals surface area contributed by atoms with E-state index in [0.717, 1.165) is 21.5 Å². The number of rotatable bonds is 16. The van der Waals surface area contributed by atoms with Crippen molar-refractivity contribution in [3.05, 3.63) is 138 Å². The minimum absolute atomic E-state index is 0.0572. The van der Waals surface area contributed by atoms with Gasteiger partial charge in [0.1, 0.15) is 54.1 Å². The number of aliphatic carboxylic acids is 2. The standard InChI is InChI=1S/C77H98N8O15/c1-11-46(2)68(90)83-67(77(7,8)9)73(95)85-36-35-84-45-63(85)72(94)81-61(41-49-23-27-51-18-12-14-20-53(51)39-49)65(88)43-55(74(96)97)38-48-25-31-57(32-26-48)100-37-17-16-22-59(79-69(91)58(76(4,5)6)44-64(87)47(3)78-10)70(92)82-62(42-50-24-28-52-19-13-15-21-54(52)40-50)71(93)80-60(75(98)99)33-29-56(86)30-34-66(84)89/h12-21,23-28,31-32,39-40,46-47,55,58-63,67,78H,11,22,29-30,33-38,41-45H2,1-10H3,(H,79,91)(H,80,93)(H,81,94)(H,82,92)(H,83,90)(H,96,97)(H,98,99)/b17-16+/t46-,47+,55-,58-,59+,60+,61+,62+,63+,67-/m1/s1. The molecule has 100 heavy (non-hydrogen) atoms. The number of carbonyl (C=O) groups excluding carboxylic acids is 10. The molecule has 5 aromatic rings. The molecule has 536 valence electrons. The third-order valence-corrected chi connectivity index (χ3v) is 19.0. The zero-order chi connectivity index (χ0) is 73.2. The van der Waals surface area contributed by atoms with Crippen LogP contribution in [-0.2, 0) is 76.8 Å². The molecule has 0 radical (unpaired) electrons. The quantitative estimate of drug-likeness (QED) is 0.0460. The van der Waals surface area contributed by atoms with E-state index in [9.17, 15) is 58.2 Å². The molecule has 0 aromatic heterocycles. The largest absolute Gasteiger partial charge is 0.490 e. The number of likely N-dealkylation sites (N-methyl/N-ethyl adjacent to an activating group) is 1. The first-order chi connectivity index (χ1) is 47.3. The molecule has 3 heterocycles. The molecule has 8 rings (SSSR count). The molecule has 23 heteroatoms. The highest BCUT2D eigenvalue weighted by Gasteiger charge is 2.45. The molecule has 1 fully saturated rings. The van der Waals surface area contributed by atoms with E-state index in [2.05, 4.69) is 31.9 Å². The van der Waals surface area contributed by atoms with Crippen molar-refractivity contribution in [2.24, 2.45) is 28.6 Å². The second-order valence-corrected chi connectivity index (χ2v) is 28.6. The Morgan fingerprint density at radius 3 is 1.82 bits per heavy atom. The predicted molar refractivity (Wildman–Crippen MR) is 378 cm³/mol. The Morgan fingerprint density at radius 2 is 1.25 bits per heavy atom. The maximum atomic E-state index is 15.2. The summed E-state index contributed by atoms with van der Waals surface area (Å²) in [6.45, 7) is 15.1. The number of piperazine rings is 1. The van der Waals surface area contributed by atoms with Crippen molar-refractivity contribution in [1.29, 1.82) is 0 Å². The van der Waals surface area contributed by atoms with Gasteiger partial charge in [0, 0.05) is 63.5 Å². The third-order valence-electron chi connectivity index (χ3n) is 19.0. The Kier molecular flexibility index (Phi) is 27.5. The zero-order valence-electron chi connectivity index (χ0n) is 59.0. The SMILES string of the molecule is CC[C@@H](C)C(=O)N[C@H](C(=O)N1CCN2C[C@H]1C(=O)N[C@@H](Cc1ccc3ccccc3c1)C(=O)C[C@H](C(=O)O)Cc1ccc(cc1)OC/C=C/C[C@H](NC(=O)[C@@H](CC(=O)[C@H](C)NC)C(C)(C)C)C(=O)N[C@@H](Cc1ccc3ccccc3c1)C(=O)N[C@H](C(=O)O)CCC(=O)CCC2=O)C(C)(C)C. The lowest BCUT2D eigenvalue weighted by Crippen LogP contribution is -2.66. The highest BCUT2D eigenvalue weighted by atomic mass is 16.5. The van der Waals surface area contributed by atoms with Gasteiger partial charge in [0.25, 0.3) is 0 Å². The molecule has 4 bridgehead atoms. The molecule has 1 saturated heterocycles. The summed E-state index contributed by atoms with van der Waals surface area (Å²) in [7, 11) is 1.62. The molecular weight excluding hydrogens is 1280 g/mol. The van der Waals surface area contributed by atoms with Gasteiger partial charge in [-0.1, -0.05) is 165 Å². The molecule has 3 aliphatic rings. The molecule has 0 unspecified atom stereocenters. The molecule has 0 spiro atoms. The number of nitrogens with zero attached hydrogens (tertiary/aromatic N) is 2. The zero-order valence-corrected chi connectivity index (χ0v) is 59.0. The number of ketones is 3. The van der Waals surface area contributed by atoms with E-state index in [1.165, 1.54) is 9.80 Å². The number of nitrogens with one attached hydrogen (secondary N) is 6. The summed E-state index contributed by atoms with van der Waals surface area (Å²) in [5.41, 5.74) is 0.0691. The Labute approximate surface area is 584 Å². The smallest absolute Gasteiger partial charge is 0.326 e. The number of carboxylic acids is 2. The highest BCUT2D eigenvalue weighted by molar-refractivity contribution is 5.99. The summed E-state index contributed by atoms with van der Waals surface area (Å²) in [4.78, 5) is 173. The van der Waals surface area contributed by atoms with Crippen LogP contribution in [0.15, 0.2) is 121 Å². The highest BCUT2D eigenvalue weighted by Crippen LogP contribution is 2.31. The van der Waals surface area contributed by atoms with Gasteiger partial charge in [-0.05, 0) is 107 Å². The van der Waals surface area contributed by atoms with Crippen molar-refractivity contribution in [1.82, 2.24) is 41.7 Å². The van der Waals surface area contributed by atoms with E-state index in [1.54, 1.807) is 111 Å². The molecule has 5 aromatic carbocycles. The minimum Gasteiger partial charge on any atom is -0.490 e. The van der Waals surface area contributed by atoms with Crippen LogP contribution in [-0.4, -0.2) is 166 Å². The Morgan fingerprint density at radius 1 is 0.650 bits per heavy atom. The van der Waals surface area contributed by atoms with E-state index in [0.29, 0.717) is 28.9 Å². The van der Waals surface area contributed by atoms with Crippen LogP contribution in [0.1, 0.15) is 130 Å². The van der Waals surface area contributed by atoms with Crippen LogP contribution in [0, 0.1) is 28.6 Å². The van der Waals surface area contributed by atoms with Gasteiger partial charge in [-0.3, -0.25) is 52.7 Å². The number of hydrogen-bond donors (Lipinski definition) is 8. The van der Waals surface area contributed by atoms with Gasteiger partial charge >= 0.3 is 11.9 Å². The molecule has 23 nitrogen and oxygen atoms in total. The second-order valence-electron chi connectivity index (χ2n) is 28.6. The van der Waals surface area contributed by atoms with Gasteiger partial charge in [-0.15, -0.1) is 0 Å². The number of Topliss-reactive ketones (excluding diaryl/α,β-unsaturated/α-hetero) is 3.